The highest BCUT2D eigenvalue weighted by molar-refractivity contribution is 7.89. The molecule has 1 saturated carbocycles. The third-order valence-corrected chi connectivity index (χ3v) is 4.81. The molecule has 1 aromatic carbocycles. The fraction of sp³-hybridized carbons (Fsp3) is 0.429. The van der Waals surface area contributed by atoms with Gasteiger partial charge in [-0.15, -0.1) is 0 Å². The maximum Gasteiger partial charge on any atom is 0.404 e. The molecule has 0 spiro atoms. The van der Waals surface area contributed by atoms with Crippen molar-refractivity contribution in [1.29, 1.82) is 0 Å². The van der Waals surface area contributed by atoms with Crippen LogP contribution in [0, 0.1) is 6.92 Å². The summed E-state index contributed by atoms with van der Waals surface area (Å²) in [5, 5.41) is 3.98. The first-order chi connectivity index (χ1) is 10.4. The van der Waals surface area contributed by atoms with Crippen molar-refractivity contribution in [3.05, 3.63) is 29.8 Å². The number of benzene rings is 1. The standard InChI is InChI=1S/C14H19N3O4S/c1-10-5-2-3-8-13(10)22(19,20)17-16-11-6-4-7-12(9-11)21-14(15)18/h2-3,5,8,12,17H,4,6-7,9H2,1H3,(H2,15,18)/b16-11+. The molecule has 1 aromatic rings. The van der Waals surface area contributed by atoms with Gasteiger partial charge in [0.2, 0.25) is 0 Å². The molecule has 0 radical (unpaired) electrons. The van der Waals surface area contributed by atoms with Crippen LogP contribution in [0.3, 0.4) is 0 Å². The number of ether oxygens (including phenoxy) is 1. The molecule has 1 aliphatic rings. The fourth-order valence-corrected chi connectivity index (χ4v) is 3.50. The zero-order valence-corrected chi connectivity index (χ0v) is 13.1. The van der Waals surface area contributed by atoms with Gasteiger partial charge in [-0.1, -0.05) is 18.2 Å². The quantitative estimate of drug-likeness (QED) is 0.820. The number of rotatable bonds is 4. The second kappa shape index (κ2) is 6.78. The predicted octanol–water partition coefficient (Wildman–Crippen LogP) is 1.67. The highest BCUT2D eigenvalue weighted by Gasteiger charge is 2.22. The normalized spacial score (nSPS) is 20.6. The maximum atomic E-state index is 12.2. The average Bonchev–Trinajstić information content (AvgIpc) is 2.45. The van der Waals surface area contributed by atoms with Gasteiger partial charge in [0.05, 0.1) is 4.90 Å². The number of amides is 1. The van der Waals surface area contributed by atoms with Gasteiger partial charge in [-0.05, 0) is 37.8 Å². The van der Waals surface area contributed by atoms with Crippen LogP contribution in [-0.4, -0.2) is 26.3 Å². The zero-order chi connectivity index (χ0) is 16.2. The Bertz CT molecular complexity index is 685. The monoisotopic (exact) mass is 325 g/mol. The van der Waals surface area contributed by atoms with E-state index in [4.69, 9.17) is 10.5 Å². The largest absolute Gasteiger partial charge is 0.446 e. The van der Waals surface area contributed by atoms with E-state index in [1.165, 1.54) is 6.07 Å². The van der Waals surface area contributed by atoms with E-state index in [-0.39, 0.29) is 11.0 Å². The van der Waals surface area contributed by atoms with E-state index in [0.29, 0.717) is 30.5 Å². The number of carbonyl (C=O) groups excluding carboxylic acids is 1. The van der Waals surface area contributed by atoms with Crippen LogP contribution in [-0.2, 0) is 14.8 Å². The lowest BCUT2D eigenvalue weighted by Crippen LogP contribution is -2.30. The van der Waals surface area contributed by atoms with Gasteiger partial charge in [0.15, 0.2) is 0 Å². The minimum atomic E-state index is -3.70. The maximum absolute atomic E-state index is 12.2. The Balaban J connectivity index is 2.07. The van der Waals surface area contributed by atoms with E-state index in [1.54, 1.807) is 25.1 Å². The van der Waals surface area contributed by atoms with Gasteiger partial charge in [-0.25, -0.2) is 9.63 Å². The summed E-state index contributed by atoms with van der Waals surface area (Å²) in [4.78, 5) is 13.2. The Labute approximate surface area is 129 Å². The van der Waals surface area contributed by atoms with Crippen LogP contribution < -0.4 is 10.6 Å². The lowest BCUT2D eigenvalue weighted by atomic mass is 9.96. The van der Waals surface area contributed by atoms with E-state index in [1.807, 2.05) is 0 Å². The first-order valence-electron chi connectivity index (χ1n) is 6.97. The van der Waals surface area contributed by atoms with Crippen molar-refractivity contribution in [3.8, 4) is 0 Å². The van der Waals surface area contributed by atoms with Crippen LogP contribution in [0.1, 0.15) is 31.2 Å². The molecule has 8 heteroatoms. The average molecular weight is 325 g/mol. The van der Waals surface area contributed by atoms with Crippen LogP contribution in [0.2, 0.25) is 0 Å². The Kier molecular flexibility index (Phi) is 5.02. The van der Waals surface area contributed by atoms with Gasteiger partial charge < -0.3 is 10.5 Å². The van der Waals surface area contributed by atoms with Gasteiger partial charge in [0.1, 0.15) is 6.10 Å². The summed E-state index contributed by atoms with van der Waals surface area (Å²) in [6, 6.07) is 6.68. The van der Waals surface area contributed by atoms with Crippen molar-refractivity contribution in [1.82, 2.24) is 4.83 Å². The number of nitrogens with two attached hydrogens (primary N) is 1. The molecule has 0 saturated heterocycles. The minimum absolute atomic E-state index is 0.195. The SMILES string of the molecule is Cc1ccccc1S(=O)(=O)N/N=C1\CCCC(OC(N)=O)C1. The second-order valence-electron chi connectivity index (χ2n) is 5.19. The van der Waals surface area contributed by atoms with Crippen LogP contribution in [0.4, 0.5) is 4.79 Å². The highest BCUT2D eigenvalue weighted by Crippen LogP contribution is 2.19. The van der Waals surface area contributed by atoms with Crippen molar-refractivity contribution in [2.45, 2.75) is 43.6 Å². The van der Waals surface area contributed by atoms with Gasteiger partial charge in [-0.3, -0.25) is 0 Å². The van der Waals surface area contributed by atoms with Gasteiger partial charge in [-0.2, -0.15) is 13.5 Å². The van der Waals surface area contributed by atoms with Crippen molar-refractivity contribution >= 4 is 21.8 Å². The molecular formula is C14H19N3O4S. The van der Waals surface area contributed by atoms with E-state index in [9.17, 15) is 13.2 Å². The fourth-order valence-electron chi connectivity index (χ4n) is 2.40. The van der Waals surface area contributed by atoms with Crippen LogP contribution >= 0.6 is 0 Å². The van der Waals surface area contributed by atoms with Crippen LogP contribution in [0.5, 0.6) is 0 Å². The molecule has 120 valence electrons. The predicted molar refractivity (Wildman–Crippen MR) is 81.9 cm³/mol. The molecule has 0 heterocycles. The summed E-state index contributed by atoms with van der Waals surface area (Å²) >= 11 is 0. The number of hydrogen-bond donors (Lipinski definition) is 2. The summed E-state index contributed by atoms with van der Waals surface area (Å²) in [5.41, 5.74) is 6.29. The van der Waals surface area contributed by atoms with Crippen molar-refractivity contribution in [2.24, 2.45) is 10.8 Å². The number of nitrogens with one attached hydrogen (secondary N) is 1. The highest BCUT2D eigenvalue weighted by atomic mass is 32.2. The number of carbonyl (C=O) groups is 1. The molecule has 1 fully saturated rings. The first-order valence-corrected chi connectivity index (χ1v) is 8.46. The molecule has 3 N–H and O–H groups in total. The molecule has 1 aliphatic carbocycles. The summed E-state index contributed by atoms with van der Waals surface area (Å²) in [5.74, 6) is 0. The molecule has 1 amide bonds. The zero-order valence-electron chi connectivity index (χ0n) is 12.3. The lowest BCUT2D eigenvalue weighted by Gasteiger charge is -2.22. The Morgan fingerprint density at radius 3 is 2.82 bits per heavy atom. The molecule has 7 nitrogen and oxygen atoms in total. The van der Waals surface area contributed by atoms with E-state index >= 15 is 0 Å². The summed E-state index contributed by atoms with van der Waals surface area (Å²) in [6.45, 7) is 1.72. The number of aryl methyl sites for hydroxylation is 1. The molecule has 0 aromatic heterocycles. The summed E-state index contributed by atoms with van der Waals surface area (Å²) < 4.78 is 29.4. The third-order valence-electron chi connectivity index (χ3n) is 3.44. The van der Waals surface area contributed by atoms with Gasteiger partial charge >= 0.3 is 6.09 Å². The molecule has 2 rings (SSSR count). The lowest BCUT2D eigenvalue weighted by molar-refractivity contribution is 0.100. The molecule has 22 heavy (non-hydrogen) atoms. The minimum Gasteiger partial charge on any atom is -0.446 e. The molecule has 0 bridgehead atoms. The number of sulfonamides is 1. The summed E-state index contributed by atoms with van der Waals surface area (Å²) in [7, 11) is -3.70. The van der Waals surface area contributed by atoms with E-state index < -0.39 is 16.1 Å². The number of hydrogen-bond acceptors (Lipinski definition) is 5. The third kappa shape index (κ3) is 4.20. The Hall–Kier alpha value is -2.09. The second-order valence-corrected chi connectivity index (χ2v) is 6.82. The number of primary amides is 1. The first kappa shape index (κ1) is 16.3. The molecule has 1 unspecified atom stereocenters. The topological polar surface area (TPSA) is 111 Å². The van der Waals surface area contributed by atoms with Crippen molar-refractivity contribution in [2.75, 3.05) is 0 Å². The van der Waals surface area contributed by atoms with E-state index in [2.05, 4.69) is 9.93 Å². The summed E-state index contributed by atoms with van der Waals surface area (Å²) in [6.07, 6.45) is 1.35. The smallest absolute Gasteiger partial charge is 0.404 e. The van der Waals surface area contributed by atoms with Crippen molar-refractivity contribution in [3.63, 3.8) is 0 Å². The van der Waals surface area contributed by atoms with E-state index in [0.717, 1.165) is 6.42 Å². The van der Waals surface area contributed by atoms with Gasteiger partial charge in [0, 0.05) is 12.1 Å². The number of nitrogens with zero attached hydrogens (tertiary/aromatic N) is 1. The van der Waals surface area contributed by atoms with Crippen LogP contribution in [0.15, 0.2) is 34.3 Å². The van der Waals surface area contributed by atoms with Crippen molar-refractivity contribution < 1.29 is 17.9 Å². The Morgan fingerprint density at radius 2 is 2.14 bits per heavy atom. The van der Waals surface area contributed by atoms with Gasteiger partial charge in [0.25, 0.3) is 10.0 Å². The Morgan fingerprint density at radius 1 is 1.41 bits per heavy atom. The molecular weight excluding hydrogens is 306 g/mol. The molecule has 0 aliphatic heterocycles. The number of hydrazone groups is 1. The van der Waals surface area contributed by atoms with Crippen LogP contribution in [0.25, 0.3) is 0 Å². The molecule has 1 atom stereocenters.